The van der Waals surface area contributed by atoms with Crippen LogP contribution in [-0.2, 0) is 6.54 Å². The van der Waals surface area contributed by atoms with Crippen LogP contribution in [0.3, 0.4) is 0 Å². The average molecular weight is 269 g/mol. The van der Waals surface area contributed by atoms with Gasteiger partial charge in [0.1, 0.15) is 5.82 Å². The van der Waals surface area contributed by atoms with E-state index >= 15 is 0 Å². The van der Waals surface area contributed by atoms with Gasteiger partial charge in [0.05, 0.1) is 17.3 Å². The molecule has 0 saturated carbocycles. The fourth-order valence-electron chi connectivity index (χ4n) is 2.04. The van der Waals surface area contributed by atoms with Crippen LogP contribution in [0.25, 0.3) is 5.52 Å². The van der Waals surface area contributed by atoms with E-state index in [1.165, 1.54) is 12.1 Å². The molecule has 4 nitrogen and oxygen atoms in total. The molecule has 2 aromatic heterocycles. The van der Waals surface area contributed by atoms with Crippen molar-refractivity contribution in [2.75, 3.05) is 0 Å². The van der Waals surface area contributed by atoms with Crippen LogP contribution in [0.4, 0.5) is 4.39 Å². The summed E-state index contributed by atoms with van der Waals surface area (Å²) >= 11 is 0. The van der Waals surface area contributed by atoms with Gasteiger partial charge in [-0.15, -0.1) is 0 Å². The summed E-state index contributed by atoms with van der Waals surface area (Å²) in [6.45, 7) is 0.306. The van der Waals surface area contributed by atoms with E-state index in [0.717, 1.165) is 11.1 Å². The van der Waals surface area contributed by atoms with E-state index in [2.05, 4.69) is 10.4 Å². The highest BCUT2D eigenvalue weighted by Gasteiger charge is 2.11. The second-order valence-corrected chi connectivity index (χ2v) is 4.36. The molecule has 0 bridgehead atoms. The third kappa shape index (κ3) is 2.25. The highest BCUT2D eigenvalue weighted by molar-refractivity contribution is 5.94. The van der Waals surface area contributed by atoms with Crippen LogP contribution >= 0.6 is 0 Å². The predicted octanol–water partition coefficient (Wildman–Crippen LogP) is 2.40. The van der Waals surface area contributed by atoms with Crippen LogP contribution in [0.1, 0.15) is 15.9 Å². The largest absolute Gasteiger partial charge is 0.348 e. The SMILES string of the molecule is O=C(NCc1cnn2ccccc12)c1ccccc1F. The first-order valence-electron chi connectivity index (χ1n) is 6.19. The minimum Gasteiger partial charge on any atom is -0.348 e. The lowest BCUT2D eigenvalue weighted by Gasteiger charge is -2.05. The normalized spacial score (nSPS) is 10.7. The van der Waals surface area contributed by atoms with Crippen LogP contribution < -0.4 is 5.32 Å². The highest BCUT2D eigenvalue weighted by Crippen LogP contribution is 2.10. The second kappa shape index (κ2) is 5.13. The maximum Gasteiger partial charge on any atom is 0.254 e. The minimum atomic E-state index is -0.523. The molecule has 1 amide bonds. The van der Waals surface area contributed by atoms with Crippen molar-refractivity contribution in [2.45, 2.75) is 6.54 Å². The molecule has 3 aromatic rings. The Hall–Kier alpha value is -2.69. The number of aromatic nitrogens is 2. The molecule has 5 heteroatoms. The monoisotopic (exact) mass is 269 g/mol. The fraction of sp³-hybridized carbons (Fsp3) is 0.0667. The molecule has 20 heavy (non-hydrogen) atoms. The molecule has 0 aliphatic rings. The Kier molecular flexibility index (Phi) is 3.16. The number of nitrogens with zero attached hydrogens (tertiary/aromatic N) is 2. The molecule has 2 heterocycles. The van der Waals surface area contributed by atoms with Gasteiger partial charge in [-0.25, -0.2) is 8.91 Å². The van der Waals surface area contributed by atoms with Gasteiger partial charge in [0.25, 0.3) is 5.91 Å². The first-order chi connectivity index (χ1) is 9.75. The van der Waals surface area contributed by atoms with Crippen molar-refractivity contribution < 1.29 is 9.18 Å². The van der Waals surface area contributed by atoms with Crippen molar-refractivity contribution in [3.05, 3.63) is 71.8 Å². The van der Waals surface area contributed by atoms with Crippen LogP contribution in [-0.4, -0.2) is 15.5 Å². The van der Waals surface area contributed by atoms with Crippen molar-refractivity contribution in [3.63, 3.8) is 0 Å². The van der Waals surface area contributed by atoms with E-state index in [-0.39, 0.29) is 5.56 Å². The molecule has 1 aromatic carbocycles. The Balaban J connectivity index is 1.77. The van der Waals surface area contributed by atoms with Gasteiger partial charge in [-0.3, -0.25) is 4.79 Å². The molecule has 0 unspecified atom stereocenters. The van der Waals surface area contributed by atoms with Crippen molar-refractivity contribution in [3.8, 4) is 0 Å². The lowest BCUT2D eigenvalue weighted by Crippen LogP contribution is -2.23. The number of carbonyl (C=O) groups is 1. The van der Waals surface area contributed by atoms with E-state index < -0.39 is 11.7 Å². The fourth-order valence-corrected chi connectivity index (χ4v) is 2.04. The molecule has 0 aliphatic carbocycles. The molecule has 0 saturated heterocycles. The second-order valence-electron chi connectivity index (χ2n) is 4.36. The molecule has 0 atom stereocenters. The Morgan fingerprint density at radius 2 is 2.00 bits per heavy atom. The predicted molar refractivity (Wildman–Crippen MR) is 72.8 cm³/mol. The summed E-state index contributed by atoms with van der Waals surface area (Å²) in [6, 6.07) is 11.6. The number of hydrogen-bond acceptors (Lipinski definition) is 2. The Bertz CT molecular complexity index is 766. The molecular formula is C15H12FN3O. The molecule has 0 fully saturated rings. The summed E-state index contributed by atoms with van der Waals surface area (Å²) in [5, 5.41) is 6.88. The Morgan fingerprint density at radius 1 is 1.20 bits per heavy atom. The maximum absolute atomic E-state index is 13.5. The van der Waals surface area contributed by atoms with Gasteiger partial charge in [0.2, 0.25) is 0 Å². The van der Waals surface area contributed by atoms with Gasteiger partial charge in [0, 0.05) is 18.3 Å². The molecule has 1 N–H and O–H groups in total. The highest BCUT2D eigenvalue weighted by atomic mass is 19.1. The van der Waals surface area contributed by atoms with E-state index in [0.29, 0.717) is 6.54 Å². The van der Waals surface area contributed by atoms with Crippen LogP contribution in [0, 0.1) is 5.82 Å². The smallest absolute Gasteiger partial charge is 0.254 e. The summed E-state index contributed by atoms with van der Waals surface area (Å²) in [5.41, 5.74) is 1.85. The van der Waals surface area contributed by atoms with Crippen molar-refractivity contribution in [1.29, 1.82) is 0 Å². The number of amides is 1. The van der Waals surface area contributed by atoms with Crippen molar-refractivity contribution in [2.24, 2.45) is 0 Å². The summed E-state index contributed by atoms with van der Waals surface area (Å²) in [7, 11) is 0. The number of fused-ring (bicyclic) bond motifs is 1. The molecule has 3 rings (SSSR count). The molecule has 100 valence electrons. The summed E-state index contributed by atoms with van der Waals surface area (Å²) in [6.07, 6.45) is 3.52. The van der Waals surface area contributed by atoms with Gasteiger partial charge in [0.15, 0.2) is 0 Å². The van der Waals surface area contributed by atoms with Gasteiger partial charge < -0.3 is 5.32 Å². The Labute approximate surface area is 114 Å². The average Bonchev–Trinajstić information content (AvgIpc) is 2.88. The molecular weight excluding hydrogens is 257 g/mol. The maximum atomic E-state index is 13.5. The van der Waals surface area contributed by atoms with Crippen LogP contribution in [0.2, 0.25) is 0 Å². The number of pyridine rings is 1. The topological polar surface area (TPSA) is 46.4 Å². The van der Waals surface area contributed by atoms with Crippen molar-refractivity contribution >= 4 is 11.4 Å². The minimum absolute atomic E-state index is 0.0453. The van der Waals surface area contributed by atoms with E-state index in [4.69, 9.17) is 0 Å². The molecule has 0 radical (unpaired) electrons. The van der Waals surface area contributed by atoms with Crippen LogP contribution in [0.15, 0.2) is 54.9 Å². The lowest BCUT2D eigenvalue weighted by molar-refractivity contribution is 0.0947. The Morgan fingerprint density at radius 3 is 2.85 bits per heavy atom. The first kappa shape index (κ1) is 12.3. The van der Waals surface area contributed by atoms with Gasteiger partial charge in [-0.1, -0.05) is 18.2 Å². The zero-order valence-corrected chi connectivity index (χ0v) is 10.6. The van der Waals surface area contributed by atoms with Gasteiger partial charge in [-0.2, -0.15) is 5.10 Å². The van der Waals surface area contributed by atoms with E-state index in [1.54, 1.807) is 22.8 Å². The number of benzene rings is 1. The summed E-state index contributed by atoms with van der Waals surface area (Å²) in [4.78, 5) is 11.9. The zero-order valence-electron chi connectivity index (χ0n) is 10.6. The molecule has 0 spiro atoms. The van der Waals surface area contributed by atoms with Crippen LogP contribution in [0.5, 0.6) is 0 Å². The summed E-state index contributed by atoms with van der Waals surface area (Å²) in [5.74, 6) is -0.955. The quantitative estimate of drug-likeness (QED) is 0.793. The summed E-state index contributed by atoms with van der Waals surface area (Å²) < 4.78 is 15.2. The van der Waals surface area contributed by atoms with E-state index in [1.807, 2.05) is 24.4 Å². The molecule has 0 aliphatic heterocycles. The number of nitrogens with one attached hydrogen (secondary N) is 1. The van der Waals surface area contributed by atoms with E-state index in [9.17, 15) is 9.18 Å². The van der Waals surface area contributed by atoms with Gasteiger partial charge in [-0.05, 0) is 24.3 Å². The number of carbonyl (C=O) groups excluding carboxylic acids is 1. The lowest BCUT2D eigenvalue weighted by atomic mass is 10.2. The standard InChI is InChI=1S/C15H12FN3O/c16-13-6-2-1-5-12(13)15(20)17-9-11-10-18-19-8-4-3-7-14(11)19/h1-8,10H,9H2,(H,17,20). The number of hydrogen-bond donors (Lipinski definition) is 1. The zero-order chi connectivity index (χ0) is 13.9. The van der Waals surface area contributed by atoms with Gasteiger partial charge >= 0.3 is 0 Å². The third-order valence-corrected chi connectivity index (χ3v) is 3.06. The number of halogens is 1. The first-order valence-corrected chi connectivity index (χ1v) is 6.19. The number of rotatable bonds is 3. The van der Waals surface area contributed by atoms with Crippen molar-refractivity contribution in [1.82, 2.24) is 14.9 Å². The third-order valence-electron chi connectivity index (χ3n) is 3.06.